The minimum atomic E-state index is -0.447. The zero-order valence-corrected chi connectivity index (χ0v) is 19.4. The van der Waals surface area contributed by atoms with Crippen LogP contribution < -0.4 is 5.56 Å². The highest BCUT2D eigenvalue weighted by atomic mass is 35.5. The summed E-state index contributed by atoms with van der Waals surface area (Å²) in [5.41, 5.74) is 1.33. The van der Waals surface area contributed by atoms with Crippen LogP contribution in [0.3, 0.4) is 0 Å². The lowest BCUT2D eigenvalue weighted by molar-refractivity contribution is -0.127. The van der Waals surface area contributed by atoms with Crippen molar-refractivity contribution in [1.82, 2.24) is 14.5 Å². The van der Waals surface area contributed by atoms with E-state index >= 15 is 0 Å². The fourth-order valence-electron chi connectivity index (χ4n) is 3.70. The Balaban J connectivity index is 1.55. The lowest BCUT2D eigenvalue weighted by atomic mass is 10.2. The van der Waals surface area contributed by atoms with Crippen LogP contribution in [-0.2, 0) is 30.7 Å². The summed E-state index contributed by atoms with van der Waals surface area (Å²) < 4.78 is 15.6. The van der Waals surface area contributed by atoms with Gasteiger partial charge in [0.15, 0.2) is 5.16 Å². The average molecular weight is 478 g/mol. The van der Waals surface area contributed by atoms with Crippen LogP contribution in [-0.4, -0.2) is 33.2 Å². The third kappa shape index (κ3) is 4.29. The highest BCUT2D eigenvalue weighted by Gasteiger charge is 2.23. The Morgan fingerprint density at radius 3 is 3.00 bits per heavy atom. The Morgan fingerprint density at radius 2 is 2.26 bits per heavy atom. The van der Waals surface area contributed by atoms with E-state index in [0.29, 0.717) is 17.1 Å². The number of amides is 1. The molecule has 0 atom stereocenters. The van der Waals surface area contributed by atoms with Crippen molar-refractivity contribution in [2.75, 3.05) is 12.8 Å². The van der Waals surface area contributed by atoms with E-state index in [9.17, 15) is 14.0 Å². The number of hydrogen-bond donors (Lipinski definition) is 0. The summed E-state index contributed by atoms with van der Waals surface area (Å²) in [5, 5.41) is 1.48. The van der Waals surface area contributed by atoms with E-state index in [1.54, 1.807) is 35.1 Å². The lowest BCUT2D eigenvalue weighted by Gasteiger charge is -2.18. The van der Waals surface area contributed by atoms with Crippen molar-refractivity contribution in [1.29, 1.82) is 0 Å². The highest BCUT2D eigenvalue weighted by molar-refractivity contribution is 7.99. The second-order valence-electron chi connectivity index (χ2n) is 7.37. The summed E-state index contributed by atoms with van der Waals surface area (Å²) in [5.74, 6) is -0.585. The largest absolute Gasteiger partial charge is 0.341 e. The Morgan fingerprint density at radius 1 is 1.45 bits per heavy atom. The molecule has 1 amide bonds. The molecule has 0 saturated heterocycles. The number of allylic oxidation sites excluding steroid dienone is 1. The van der Waals surface area contributed by atoms with Crippen molar-refractivity contribution < 1.29 is 9.18 Å². The normalized spacial score (nSPS) is 12.9. The minimum absolute atomic E-state index is 0.0640. The smallest absolute Gasteiger partial charge is 0.263 e. The number of aryl methyl sites for hydroxylation is 2. The number of carbonyl (C=O) groups is 1. The number of nitrogens with zero attached hydrogens (tertiary/aromatic N) is 3. The van der Waals surface area contributed by atoms with Crippen molar-refractivity contribution in [3.63, 3.8) is 0 Å². The van der Waals surface area contributed by atoms with E-state index in [2.05, 4.69) is 6.58 Å². The molecule has 0 unspecified atom stereocenters. The molecule has 1 aromatic carbocycles. The van der Waals surface area contributed by atoms with Gasteiger partial charge in [-0.25, -0.2) is 9.37 Å². The number of fused-ring (bicyclic) bond motifs is 3. The number of thioether (sulfide) groups is 1. The van der Waals surface area contributed by atoms with Crippen molar-refractivity contribution in [3.8, 4) is 0 Å². The maximum atomic E-state index is 14.0. The van der Waals surface area contributed by atoms with Gasteiger partial charge in [0.1, 0.15) is 10.6 Å². The number of benzene rings is 1. The standard InChI is InChI=1S/C22H21ClFN3O2S2/c1-3-10-27-21(29)19-13-6-4-9-17(13)31-20(19)25-22(27)30-12-18(28)26(2)11-14-15(23)7-5-8-16(14)24/h3,5,7-8H,1,4,6,9-12H2,2H3. The van der Waals surface area contributed by atoms with E-state index in [4.69, 9.17) is 16.6 Å². The quantitative estimate of drug-likeness (QED) is 0.282. The Labute approximate surface area is 192 Å². The Hall–Kier alpha value is -2.16. The number of rotatable bonds is 7. The minimum Gasteiger partial charge on any atom is -0.341 e. The number of hydrogen-bond acceptors (Lipinski definition) is 5. The number of thiophene rings is 1. The first-order chi connectivity index (χ1) is 14.9. The van der Waals surface area contributed by atoms with Gasteiger partial charge in [-0.15, -0.1) is 17.9 Å². The maximum Gasteiger partial charge on any atom is 0.263 e. The molecule has 0 fully saturated rings. The van der Waals surface area contributed by atoms with Gasteiger partial charge in [-0.1, -0.05) is 35.5 Å². The molecule has 0 saturated carbocycles. The monoisotopic (exact) mass is 477 g/mol. The predicted molar refractivity (Wildman–Crippen MR) is 125 cm³/mol. The predicted octanol–water partition coefficient (Wildman–Crippen LogP) is 4.68. The van der Waals surface area contributed by atoms with Gasteiger partial charge in [0.25, 0.3) is 5.56 Å². The molecule has 0 radical (unpaired) electrons. The van der Waals surface area contributed by atoms with Gasteiger partial charge in [-0.2, -0.15) is 0 Å². The van der Waals surface area contributed by atoms with Gasteiger partial charge in [0, 0.05) is 35.6 Å². The van der Waals surface area contributed by atoms with Crippen LogP contribution in [0.4, 0.5) is 4.39 Å². The molecule has 9 heteroatoms. The average Bonchev–Trinajstić information content (AvgIpc) is 3.32. The van der Waals surface area contributed by atoms with Crippen molar-refractivity contribution in [3.05, 3.63) is 68.1 Å². The maximum absolute atomic E-state index is 14.0. The topological polar surface area (TPSA) is 55.2 Å². The van der Waals surface area contributed by atoms with Gasteiger partial charge in [0.05, 0.1) is 11.1 Å². The number of carbonyl (C=O) groups excluding carboxylic acids is 1. The third-order valence-electron chi connectivity index (χ3n) is 5.31. The van der Waals surface area contributed by atoms with Crippen molar-refractivity contribution in [2.45, 2.75) is 37.5 Å². The summed E-state index contributed by atoms with van der Waals surface area (Å²) in [4.78, 5) is 34.0. The molecular weight excluding hydrogens is 457 g/mol. The molecule has 2 heterocycles. The molecule has 1 aliphatic carbocycles. The first-order valence-electron chi connectivity index (χ1n) is 9.86. The van der Waals surface area contributed by atoms with E-state index < -0.39 is 5.82 Å². The van der Waals surface area contributed by atoms with Crippen molar-refractivity contribution in [2.24, 2.45) is 0 Å². The van der Waals surface area contributed by atoms with Crippen LogP contribution in [0, 0.1) is 5.82 Å². The molecule has 2 aromatic heterocycles. The summed E-state index contributed by atoms with van der Waals surface area (Å²) in [6.45, 7) is 4.13. The molecule has 4 rings (SSSR count). The van der Waals surface area contributed by atoms with E-state index in [-0.39, 0.29) is 34.4 Å². The molecule has 0 N–H and O–H groups in total. The number of aromatic nitrogens is 2. The first kappa shape index (κ1) is 22.0. The second kappa shape index (κ2) is 9.14. The highest BCUT2D eigenvalue weighted by Crippen LogP contribution is 2.35. The molecule has 162 valence electrons. The van der Waals surface area contributed by atoms with Gasteiger partial charge in [0.2, 0.25) is 5.91 Å². The van der Waals surface area contributed by atoms with Crippen LogP contribution in [0.1, 0.15) is 22.4 Å². The number of halogens is 2. The SMILES string of the molecule is C=CCn1c(SCC(=O)N(C)Cc2c(F)cccc2Cl)nc2sc3c(c2c1=O)CCC3. The van der Waals surface area contributed by atoms with Crippen LogP contribution in [0.25, 0.3) is 10.2 Å². The summed E-state index contributed by atoms with van der Waals surface area (Å²) in [6.07, 6.45) is 4.62. The van der Waals surface area contributed by atoms with Gasteiger partial charge in [-0.3, -0.25) is 14.2 Å². The molecule has 5 nitrogen and oxygen atoms in total. The zero-order chi connectivity index (χ0) is 22.1. The third-order valence-corrected chi connectivity index (χ3v) is 7.81. The van der Waals surface area contributed by atoms with Gasteiger partial charge >= 0.3 is 0 Å². The molecule has 3 aromatic rings. The van der Waals surface area contributed by atoms with Crippen LogP contribution >= 0.6 is 34.7 Å². The fourth-order valence-corrected chi connectivity index (χ4v) is 6.18. The van der Waals surface area contributed by atoms with Crippen molar-refractivity contribution >= 4 is 50.8 Å². The van der Waals surface area contributed by atoms with E-state index in [0.717, 1.165) is 29.7 Å². The van der Waals surface area contributed by atoms with E-state index in [1.807, 2.05) is 0 Å². The molecule has 0 bridgehead atoms. The van der Waals surface area contributed by atoms with Gasteiger partial charge < -0.3 is 4.90 Å². The summed E-state index contributed by atoms with van der Waals surface area (Å²) >= 11 is 8.85. The zero-order valence-electron chi connectivity index (χ0n) is 17.0. The Kier molecular flexibility index (Phi) is 6.50. The molecule has 1 aliphatic rings. The second-order valence-corrected chi connectivity index (χ2v) is 9.81. The first-order valence-corrected chi connectivity index (χ1v) is 12.0. The Bertz CT molecular complexity index is 1220. The fraction of sp³-hybridized carbons (Fsp3) is 0.318. The van der Waals surface area contributed by atoms with Gasteiger partial charge in [-0.05, 0) is 37.0 Å². The molecule has 0 spiro atoms. The van der Waals surface area contributed by atoms with Crippen LogP contribution in [0.15, 0.2) is 40.8 Å². The molecular formula is C22H21ClFN3O2S2. The summed E-state index contributed by atoms with van der Waals surface area (Å²) in [6, 6.07) is 4.44. The van der Waals surface area contributed by atoms with Crippen LogP contribution in [0.2, 0.25) is 5.02 Å². The lowest BCUT2D eigenvalue weighted by Crippen LogP contribution is -2.29. The summed E-state index contributed by atoms with van der Waals surface area (Å²) in [7, 11) is 1.60. The van der Waals surface area contributed by atoms with Crippen LogP contribution in [0.5, 0.6) is 0 Å². The molecule has 0 aliphatic heterocycles. The molecule has 31 heavy (non-hydrogen) atoms. The van der Waals surface area contributed by atoms with E-state index in [1.165, 1.54) is 33.7 Å².